The molecule has 2 aromatic heterocycles. The van der Waals surface area contributed by atoms with E-state index < -0.39 is 4.92 Å². The summed E-state index contributed by atoms with van der Waals surface area (Å²) in [6.45, 7) is 2.14. The zero-order valence-electron chi connectivity index (χ0n) is 21.5. The molecule has 1 aromatic carbocycles. The number of hydrogen-bond donors (Lipinski definition) is 1. The largest absolute Gasteiger partial charge is 0.494 e. The first-order valence-electron chi connectivity index (χ1n) is 12.2. The zero-order valence-corrected chi connectivity index (χ0v) is 21.5. The molecule has 1 N–H and O–H groups in total. The number of likely N-dealkylation sites (N-methyl/N-ethyl adjacent to an activating group) is 2. The number of nitro groups is 1. The lowest BCUT2D eigenvalue weighted by molar-refractivity contribution is -0.384. The minimum absolute atomic E-state index is 0.0368. The number of ether oxygens (including phenoxy) is 1. The number of nitro benzene ring substituents is 1. The van der Waals surface area contributed by atoms with Gasteiger partial charge in [-0.1, -0.05) is 6.42 Å². The highest BCUT2D eigenvalue weighted by Crippen LogP contribution is 2.53. The van der Waals surface area contributed by atoms with E-state index in [4.69, 9.17) is 4.74 Å². The molecule has 1 saturated carbocycles. The molecule has 0 atom stereocenters. The van der Waals surface area contributed by atoms with Gasteiger partial charge in [-0.3, -0.25) is 15.1 Å². The molecule has 5 rings (SSSR count). The Morgan fingerprint density at radius 2 is 2.00 bits per heavy atom. The van der Waals surface area contributed by atoms with Crippen LogP contribution < -0.4 is 19.9 Å². The summed E-state index contributed by atoms with van der Waals surface area (Å²) in [6, 6.07) is 7.10. The van der Waals surface area contributed by atoms with Crippen LogP contribution in [0.1, 0.15) is 25.0 Å². The summed E-state index contributed by atoms with van der Waals surface area (Å²) in [5, 5.41) is 15.1. The molecule has 2 aliphatic rings. The second kappa shape index (κ2) is 9.77. The lowest BCUT2D eigenvalue weighted by atomic mass is 9.67. The van der Waals surface area contributed by atoms with Gasteiger partial charge in [0.15, 0.2) is 0 Å². The molecule has 194 valence electrons. The molecule has 0 radical (unpaired) electrons. The number of pyridine rings is 1. The van der Waals surface area contributed by atoms with E-state index >= 15 is 0 Å². The highest BCUT2D eigenvalue weighted by molar-refractivity contribution is 5.77. The number of hydrogen-bond acceptors (Lipinski definition) is 11. The fourth-order valence-electron chi connectivity index (χ4n) is 5.01. The number of nitrogens with one attached hydrogen (secondary N) is 1. The Bertz CT molecular complexity index is 1310. The van der Waals surface area contributed by atoms with Crippen molar-refractivity contribution in [3.8, 4) is 5.75 Å². The van der Waals surface area contributed by atoms with Crippen molar-refractivity contribution < 1.29 is 9.66 Å². The number of methoxy groups -OCH3 is 1. The maximum absolute atomic E-state index is 12.0. The fraction of sp³-hybridized carbons (Fsp3) is 0.440. The van der Waals surface area contributed by atoms with Crippen LogP contribution in [-0.4, -0.2) is 77.6 Å². The third kappa shape index (κ3) is 4.59. The van der Waals surface area contributed by atoms with Crippen molar-refractivity contribution >= 4 is 34.6 Å². The Balaban J connectivity index is 1.44. The summed E-state index contributed by atoms with van der Waals surface area (Å²) in [6.07, 6.45) is 6.66. The Kier molecular flexibility index (Phi) is 6.50. The third-order valence-corrected chi connectivity index (χ3v) is 7.19. The number of anilines is 5. The van der Waals surface area contributed by atoms with Crippen LogP contribution >= 0.6 is 0 Å². The SMILES string of the molecule is COc1cc(N(C)CCN(C)C)c([N+](=O)[O-])cc1Nc1ncnc(N2CC3(CCC3)c3ncccc32)n1. The first-order chi connectivity index (χ1) is 17.8. The minimum Gasteiger partial charge on any atom is -0.494 e. The van der Waals surface area contributed by atoms with Gasteiger partial charge in [0.05, 0.1) is 29.1 Å². The van der Waals surface area contributed by atoms with Crippen molar-refractivity contribution in [3.63, 3.8) is 0 Å². The van der Waals surface area contributed by atoms with Crippen molar-refractivity contribution in [3.05, 3.63) is 52.6 Å². The van der Waals surface area contributed by atoms with E-state index in [9.17, 15) is 10.1 Å². The smallest absolute Gasteiger partial charge is 0.294 e. The van der Waals surface area contributed by atoms with Gasteiger partial charge in [-0.05, 0) is 39.1 Å². The van der Waals surface area contributed by atoms with Crippen molar-refractivity contribution in [1.82, 2.24) is 24.8 Å². The molecule has 1 aliphatic heterocycles. The first-order valence-corrected chi connectivity index (χ1v) is 12.2. The third-order valence-electron chi connectivity index (χ3n) is 7.19. The summed E-state index contributed by atoms with van der Waals surface area (Å²) in [7, 11) is 7.28. The molecule has 0 unspecified atom stereocenters. The van der Waals surface area contributed by atoms with Gasteiger partial charge in [-0.15, -0.1) is 0 Å². The Labute approximate surface area is 215 Å². The highest BCUT2D eigenvalue weighted by atomic mass is 16.6. The number of benzene rings is 1. The normalized spacial score (nSPS) is 15.4. The molecule has 12 heteroatoms. The van der Waals surface area contributed by atoms with Gasteiger partial charge in [0, 0.05) is 50.4 Å². The van der Waals surface area contributed by atoms with E-state index in [1.807, 2.05) is 49.3 Å². The summed E-state index contributed by atoms with van der Waals surface area (Å²) in [4.78, 5) is 35.5. The van der Waals surface area contributed by atoms with E-state index in [1.165, 1.54) is 25.9 Å². The highest BCUT2D eigenvalue weighted by Gasteiger charge is 2.49. The van der Waals surface area contributed by atoms with E-state index in [2.05, 4.69) is 30.2 Å². The second-order valence-corrected chi connectivity index (χ2v) is 9.85. The molecule has 1 aliphatic carbocycles. The molecule has 0 saturated heterocycles. The molecule has 3 heterocycles. The lowest BCUT2D eigenvalue weighted by Crippen LogP contribution is -2.38. The summed E-state index contributed by atoms with van der Waals surface area (Å²) in [5.41, 5.74) is 2.99. The Morgan fingerprint density at radius 3 is 2.68 bits per heavy atom. The average molecular weight is 506 g/mol. The Hall–Kier alpha value is -4.06. The van der Waals surface area contributed by atoms with E-state index in [0.29, 0.717) is 29.6 Å². The first kappa shape index (κ1) is 24.6. The summed E-state index contributed by atoms with van der Waals surface area (Å²) >= 11 is 0. The van der Waals surface area contributed by atoms with Gasteiger partial charge in [0.25, 0.3) is 5.69 Å². The van der Waals surface area contributed by atoms with Crippen molar-refractivity contribution in [2.45, 2.75) is 24.7 Å². The predicted molar refractivity (Wildman–Crippen MR) is 141 cm³/mol. The van der Waals surface area contributed by atoms with Crippen LogP contribution in [0.3, 0.4) is 0 Å². The minimum atomic E-state index is -0.392. The molecule has 0 amide bonds. The van der Waals surface area contributed by atoms with E-state index in [0.717, 1.165) is 37.3 Å². The standard InChI is InChI=1S/C25H31N9O3/c1-31(2)11-12-32(3)19-14-21(37-4)17(13-20(19)34(35)36)29-23-27-16-28-24(30-23)33-15-25(8-6-9-25)22-18(33)7-5-10-26-22/h5,7,10,13-14,16H,6,8-9,11-12,15H2,1-4H3,(H,27,28,29,30). The molecule has 12 nitrogen and oxygen atoms in total. The van der Waals surface area contributed by atoms with Crippen molar-refractivity contribution in [2.24, 2.45) is 0 Å². The quantitative estimate of drug-likeness (QED) is 0.339. The summed E-state index contributed by atoms with van der Waals surface area (Å²) < 4.78 is 5.58. The maximum Gasteiger partial charge on any atom is 0.294 e. The molecule has 1 fully saturated rings. The molecule has 3 aromatic rings. The van der Waals surface area contributed by atoms with Crippen molar-refractivity contribution in [2.75, 3.05) is 63.0 Å². The van der Waals surface area contributed by atoms with Crippen LogP contribution in [0.4, 0.5) is 34.6 Å². The zero-order chi connectivity index (χ0) is 26.2. The van der Waals surface area contributed by atoms with Gasteiger partial charge >= 0.3 is 0 Å². The second-order valence-electron chi connectivity index (χ2n) is 9.85. The average Bonchev–Trinajstić information content (AvgIpc) is 3.23. The van der Waals surface area contributed by atoms with E-state index in [1.54, 1.807) is 6.07 Å². The van der Waals surface area contributed by atoms with Gasteiger partial charge in [-0.2, -0.15) is 4.98 Å². The predicted octanol–water partition coefficient (Wildman–Crippen LogP) is 3.50. The molecule has 37 heavy (non-hydrogen) atoms. The van der Waals surface area contributed by atoms with Crippen LogP contribution in [0.2, 0.25) is 0 Å². The number of fused-ring (bicyclic) bond motifs is 2. The van der Waals surface area contributed by atoms with E-state index in [-0.39, 0.29) is 17.1 Å². The van der Waals surface area contributed by atoms with Crippen LogP contribution in [0.15, 0.2) is 36.8 Å². The molecular weight excluding hydrogens is 474 g/mol. The number of rotatable bonds is 9. The topological polar surface area (TPSA) is 126 Å². The molecule has 1 spiro atoms. The van der Waals surface area contributed by atoms with Crippen LogP contribution in [0.5, 0.6) is 5.75 Å². The van der Waals surface area contributed by atoms with Gasteiger partial charge < -0.3 is 24.8 Å². The summed E-state index contributed by atoms with van der Waals surface area (Å²) in [5.74, 6) is 1.22. The van der Waals surface area contributed by atoms with Gasteiger partial charge in [0.2, 0.25) is 11.9 Å². The van der Waals surface area contributed by atoms with Crippen molar-refractivity contribution in [1.29, 1.82) is 0 Å². The van der Waals surface area contributed by atoms with Crippen LogP contribution in [0, 0.1) is 10.1 Å². The maximum atomic E-state index is 12.0. The number of aromatic nitrogens is 4. The number of nitrogens with zero attached hydrogens (tertiary/aromatic N) is 8. The molecule has 0 bridgehead atoms. The van der Waals surface area contributed by atoms with Crippen LogP contribution in [-0.2, 0) is 5.41 Å². The Morgan fingerprint density at radius 1 is 1.19 bits per heavy atom. The molecular formula is C25H31N9O3. The van der Waals surface area contributed by atoms with Crippen LogP contribution in [0.25, 0.3) is 0 Å². The van der Waals surface area contributed by atoms with Gasteiger partial charge in [0.1, 0.15) is 17.8 Å². The van der Waals surface area contributed by atoms with Gasteiger partial charge in [-0.25, -0.2) is 9.97 Å². The monoisotopic (exact) mass is 505 g/mol. The lowest BCUT2D eigenvalue weighted by Gasteiger charge is -2.37. The fourth-order valence-corrected chi connectivity index (χ4v) is 5.01.